The van der Waals surface area contributed by atoms with Gasteiger partial charge in [0, 0.05) is 23.9 Å². The van der Waals surface area contributed by atoms with Gasteiger partial charge < -0.3 is 10.0 Å². The number of carbonyl (C=O) groups excluding carboxylic acids is 1. The van der Waals surface area contributed by atoms with E-state index >= 15 is 0 Å². The number of hydrogen-bond donors (Lipinski definition) is 1. The molecule has 1 N–H and O–H groups in total. The highest BCUT2D eigenvalue weighted by Gasteiger charge is 2.40. The summed E-state index contributed by atoms with van der Waals surface area (Å²) in [6, 6.07) is 7.46. The van der Waals surface area contributed by atoms with E-state index in [4.69, 9.17) is 11.6 Å². The number of piperidine rings is 1. The van der Waals surface area contributed by atoms with E-state index in [0.717, 1.165) is 51.0 Å². The van der Waals surface area contributed by atoms with Crippen LogP contribution in [0.15, 0.2) is 24.3 Å². The minimum absolute atomic E-state index is 0.0146. The molecular weight excluding hydrogens is 312 g/mol. The fraction of sp³-hybridized carbons (Fsp3) is 0.611. The lowest BCUT2D eigenvalue weighted by molar-refractivity contribution is -0.122. The van der Waals surface area contributed by atoms with Gasteiger partial charge in [0.2, 0.25) is 5.91 Å². The van der Waals surface area contributed by atoms with Crippen molar-refractivity contribution in [1.29, 1.82) is 0 Å². The van der Waals surface area contributed by atoms with Gasteiger partial charge in [-0.1, -0.05) is 18.5 Å². The van der Waals surface area contributed by atoms with Crippen LogP contribution in [0.5, 0.6) is 0 Å². The molecular formula is C18H25ClN2O2. The minimum Gasteiger partial charge on any atom is -0.396 e. The van der Waals surface area contributed by atoms with E-state index < -0.39 is 0 Å². The standard InChI is InChI=1S/C18H25ClN2O2/c1-2-18(13-22)8-11-20(12-9-18)16-7-10-21(17(16)23)15-5-3-14(19)4-6-15/h3-6,16,22H,2,7-13H2,1H3. The highest BCUT2D eigenvalue weighted by Crippen LogP contribution is 2.36. The molecule has 4 nitrogen and oxygen atoms in total. The highest BCUT2D eigenvalue weighted by molar-refractivity contribution is 6.30. The molecule has 0 aromatic heterocycles. The first-order chi connectivity index (χ1) is 11.1. The molecule has 3 rings (SSSR count). The largest absolute Gasteiger partial charge is 0.396 e. The summed E-state index contributed by atoms with van der Waals surface area (Å²) in [5.74, 6) is 0.195. The number of halogens is 1. The quantitative estimate of drug-likeness (QED) is 0.919. The lowest BCUT2D eigenvalue weighted by Gasteiger charge is -2.42. The van der Waals surface area contributed by atoms with Gasteiger partial charge in [0.15, 0.2) is 0 Å². The van der Waals surface area contributed by atoms with Crippen molar-refractivity contribution in [3.8, 4) is 0 Å². The third kappa shape index (κ3) is 3.25. The predicted octanol–water partition coefficient (Wildman–Crippen LogP) is 2.93. The Morgan fingerprint density at radius 2 is 1.87 bits per heavy atom. The van der Waals surface area contributed by atoms with E-state index in [9.17, 15) is 9.90 Å². The average molecular weight is 337 g/mol. The Morgan fingerprint density at radius 3 is 2.43 bits per heavy atom. The number of rotatable bonds is 4. The second-order valence-corrected chi connectivity index (χ2v) is 7.25. The van der Waals surface area contributed by atoms with Crippen LogP contribution in [-0.4, -0.2) is 48.2 Å². The number of anilines is 1. The molecule has 5 heteroatoms. The Hall–Kier alpha value is -1.10. The maximum absolute atomic E-state index is 12.8. The van der Waals surface area contributed by atoms with Gasteiger partial charge in [-0.3, -0.25) is 9.69 Å². The first-order valence-corrected chi connectivity index (χ1v) is 8.88. The zero-order valence-corrected chi connectivity index (χ0v) is 14.4. The van der Waals surface area contributed by atoms with Crippen molar-refractivity contribution in [2.75, 3.05) is 31.1 Å². The number of likely N-dealkylation sites (tertiary alicyclic amines) is 1. The molecule has 2 aliphatic rings. The molecule has 0 bridgehead atoms. The van der Waals surface area contributed by atoms with Crippen molar-refractivity contribution in [1.82, 2.24) is 4.90 Å². The van der Waals surface area contributed by atoms with Gasteiger partial charge >= 0.3 is 0 Å². The zero-order valence-electron chi connectivity index (χ0n) is 13.7. The van der Waals surface area contributed by atoms with E-state index in [2.05, 4.69) is 11.8 Å². The van der Waals surface area contributed by atoms with Crippen LogP contribution >= 0.6 is 11.6 Å². The smallest absolute Gasteiger partial charge is 0.244 e. The van der Waals surface area contributed by atoms with Crippen molar-refractivity contribution in [3.05, 3.63) is 29.3 Å². The molecule has 1 aromatic carbocycles. The predicted molar refractivity (Wildman–Crippen MR) is 92.8 cm³/mol. The molecule has 2 aliphatic heterocycles. The number of carbonyl (C=O) groups is 1. The summed E-state index contributed by atoms with van der Waals surface area (Å²) in [5, 5.41) is 10.3. The van der Waals surface area contributed by atoms with Crippen LogP contribution in [0.4, 0.5) is 5.69 Å². The van der Waals surface area contributed by atoms with Crippen molar-refractivity contribution in [2.24, 2.45) is 5.41 Å². The van der Waals surface area contributed by atoms with Gasteiger partial charge in [0.25, 0.3) is 0 Å². The first-order valence-electron chi connectivity index (χ1n) is 8.50. The third-order valence-electron chi connectivity index (χ3n) is 5.70. The topological polar surface area (TPSA) is 43.8 Å². The van der Waals surface area contributed by atoms with E-state index in [1.807, 2.05) is 29.2 Å². The van der Waals surface area contributed by atoms with Gasteiger partial charge in [-0.2, -0.15) is 0 Å². The molecule has 1 unspecified atom stereocenters. The highest BCUT2D eigenvalue weighted by atomic mass is 35.5. The lowest BCUT2D eigenvalue weighted by Crippen LogP contribution is -2.49. The summed E-state index contributed by atoms with van der Waals surface area (Å²) in [4.78, 5) is 17.0. The van der Waals surface area contributed by atoms with Gasteiger partial charge in [0.05, 0.1) is 6.04 Å². The van der Waals surface area contributed by atoms with Crippen LogP contribution in [0.2, 0.25) is 5.02 Å². The number of hydrogen-bond acceptors (Lipinski definition) is 3. The number of nitrogens with zero attached hydrogens (tertiary/aromatic N) is 2. The van der Waals surface area contributed by atoms with Crippen molar-refractivity contribution >= 4 is 23.2 Å². The maximum atomic E-state index is 12.8. The molecule has 0 spiro atoms. The first kappa shape index (κ1) is 16.7. The Kier molecular flexibility index (Phi) is 4.95. The Balaban J connectivity index is 1.65. The SMILES string of the molecule is CCC1(CO)CCN(C2CCN(c3ccc(Cl)cc3)C2=O)CC1. The van der Waals surface area contributed by atoms with Crippen LogP contribution < -0.4 is 4.90 Å². The van der Waals surface area contributed by atoms with E-state index in [0.29, 0.717) is 5.02 Å². The fourth-order valence-corrected chi connectivity index (χ4v) is 3.94. The third-order valence-corrected chi connectivity index (χ3v) is 5.95. The van der Waals surface area contributed by atoms with E-state index in [1.54, 1.807) is 0 Å². The lowest BCUT2D eigenvalue weighted by atomic mass is 9.76. The molecule has 2 saturated heterocycles. The van der Waals surface area contributed by atoms with Crippen LogP contribution in [0.25, 0.3) is 0 Å². The van der Waals surface area contributed by atoms with E-state index in [-0.39, 0.29) is 24.0 Å². The number of benzene rings is 1. The van der Waals surface area contributed by atoms with Crippen LogP contribution in [0, 0.1) is 5.41 Å². The fourth-order valence-electron chi connectivity index (χ4n) is 3.81. The molecule has 1 atom stereocenters. The number of aliphatic hydroxyl groups is 1. The molecule has 1 aromatic rings. The monoisotopic (exact) mass is 336 g/mol. The van der Waals surface area contributed by atoms with Gasteiger partial charge in [0.1, 0.15) is 0 Å². The molecule has 2 fully saturated rings. The van der Waals surface area contributed by atoms with Gasteiger partial charge in [-0.25, -0.2) is 0 Å². The molecule has 23 heavy (non-hydrogen) atoms. The zero-order chi connectivity index (χ0) is 16.4. The average Bonchev–Trinajstić information content (AvgIpc) is 2.97. The summed E-state index contributed by atoms with van der Waals surface area (Å²) < 4.78 is 0. The Morgan fingerprint density at radius 1 is 1.22 bits per heavy atom. The van der Waals surface area contributed by atoms with Crippen LogP contribution in [-0.2, 0) is 4.79 Å². The van der Waals surface area contributed by atoms with E-state index in [1.165, 1.54) is 0 Å². The summed E-state index contributed by atoms with van der Waals surface area (Å²) in [6.07, 6.45) is 3.84. The molecule has 2 heterocycles. The van der Waals surface area contributed by atoms with Crippen molar-refractivity contribution in [3.63, 3.8) is 0 Å². The summed E-state index contributed by atoms with van der Waals surface area (Å²) in [7, 11) is 0. The summed E-state index contributed by atoms with van der Waals surface area (Å²) in [5.41, 5.74) is 0.991. The van der Waals surface area contributed by atoms with Crippen molar-refractivity contribution in [2.45, 2.75) is 38.6 Å². The van der Waals surface area contributed by atoms with Crippen LogP contribution in [0.3, 0.4) is 0 Å². The molecule has 1 amide bonds. The normalized spacial score (nSPS) is 25.1. The van der Waals surface area contributed by atoms with Gasteiger partial charge in [-0.05, 0) is 68.5 Å². The minimum atomic E-state index is -0.0146. The Bertz CT molecular complexity index is 547. The molecule has 126 valence electrons. The Labute approximate surface area is 143 Å². The van der Waals surface area contributed by atoms with Gasteiger partial charge in [-0.15, -0.1) is 0 Å². The molecule has 0 saturated carbocycles. The number of amides is 1. The van der Waals surface area contributed by atoms with Crippen molar-refractivity contribution < 1.29 is 9.90 Å². The summed E-state index contributed by atoms with van der Waals surface area (Å²) in [6.45, 7) is 4.97. The second-order valence-electron chi connectivity index (χ2n) is 6.82. The summed E-state index contributed by atoms with van der Waals surface area (Å²) >= 11 is 5.93. The molecule has 0 radical (unpaired) electrons. The maximum Gasteiger partial charge on any atom is 0.244 e. The van der Waals surface area contributed by atoms with Crippen LogP contribution in [0.1, 0.15) is 32.6 Å². The molecule has 0 aliphatic carbocycles. The second kappa shape index (κ2) is 6.80. The number of aliphatic hydroxyl groups excluding tert-OH is 1.